The quantitative estimate of drug-likeness (QED) is 0.659. The molecule has 0 radical (unpaired) electrons. The number of nitrogens with zero attached hydrogens (tertiary/aromatic N) is 3. The number of hydrogen-bond donors (Lipinski definition) is 1. The van der Waals surface area contributed by atoms with Crippen molar-refractivity contribution in [2.75, 3.05) is 0 Å². The van der Waals surface area contributed by atoms with E-state index in [2.05, 4.69) is 47.5 Å². The summed E-state index contributed by atoms with van der Waals surface area (Å²) < 4.78 is 0. The normalized spacial score (nSPS) is 12.6. The molecule has 11 heavy (non-hydrogen) atoms. The molecular weight excluding hydrogens is 140 g/mol. The largest absolute Gasteiger partial charge is 0.239 e. The molecule has 0 aromatic carbocycles. The summed E-state index contributed by atoms with van der Waals surface area (Å²) in [6.45, 7) is 6.36. The van der Waals surface area contributed by atoms with Crippen LogP contribution in [0.4, 0.5) is 0 Å². The maximum Gasteiger partial charge on any atom is 0.171 e. The van der Waals surface area contributed by atoms with Crippen LogP contribution in [-0.2, 0) is 0 Å². The molecule has 0 amide bonds. The van der Waals surface area contributed by atoms with Crippen LogP contribution in [0.25, 0.3) is 6.08 Å². The molecule has 0 fully saturated rings. The van der Waals surface area contributed by atoms with Gasteiger partial charge in [-0.2, -0.15) is 0 Å². The Kier molecular flexibility index (Phi) is 2.03. The smallest absolute Gasteiger partial charge is 0.171 e. The Balaban J connectivity index is 2.63. The van der Waals surface area contributed by atoms with Crippen molar-refractivity contribution in [3.63, 3.8) is 0 Å². The average Bonchev–Trinajstić information content (AvgIpc) is 2.32. The van der Waals surface area contributed by atoms with E-state index in [0.29, 0.717) is 5.82 Å². The molecule has 4 heteroatoms. The molecule has 1 aromatic rings. The highest BCUT2D eigenvalue weighted by atomic mass is 15.5. The SMILES string of the molecule is CC(C)(C)/C=C/c1nnn[nH]1. The number of aromatic amines is 1. The molecular formula is C7H12N4. The average molecular weight is 152 g/mol. The number of hydrogen-bond acceptors (Lipinski definition) is 3. The fourth-order valence-corrected chi connectivity index (χ4v) is 0.566. The fourth-order valence-electron chi connectivity index (χ4n) is 0.566. The summed E-state index contributed by atoms with van der Waals surface area (Å²) in [6, 6.07) is 0. The van der Waals surface area contributed by atoms with E-state index >= 15 is 0 Å². The maximum absolute atomic E-state index is 3.72. The molecule has 0 saturated carbocycles. The van der Waals surface area contributed by atoms with Gasteiger partial charge in [0.05, 0.1) is 0 Å². The zero-order chi connectivity index (χ0) is 8.32. The van der Waals surface area contributed by atoms with Crippen LogP contribution >= 0.6 is 0 Å². The first kappa shape index (κ1) is 7.91. The van der Waals surface area contributed by atoms with Crippen LogP contribution in [0.5, 0.6) is 0 Å². The van der Waals surface area contributed by atoms with Gasteiger partial charge in [0.1, 0.15) is 0 Å². The van der Waals surface area contributed by atoms with E-state index in [-0.39, 0.29) is 5.41 Å². The summed E-state index contributed by atoms with van der Waals surface area (Å²) in [6.07, 6.45) is 3.93. The van der Waals surface area contributed by atoms with Gasteiger partial charge in [-0.05, 0) is 21.9 Å². The van der Waals surface area contributed by atoms with Crippen molar-refractivity contribution in [2.24, 2.45) is 5.41 Å². The Hall–Kier alpha value is -1.19. The minimum absolute atomic E-state index is 0.173. The molecule has 1 rings (SSSR count). The maximum atomic E-state index is 3.72. The number of tetrazole rings is 1. The van der Waals surface area contributed by atoms with E-state index in [1.54, 1.807) is 0 Å². The summed E-state index contributed by atoms with van der Waals surface area (Å²) in [5, 5.41) is 13.3. The van der Waals surface area contributed by atoms with E-state index in [1.807, 2.05) is 6.08 Å². The highest BCUT2D eigenvalue weighted by Crippen LogP contribution is 2.15. The van der Waals surface area contributed by atoms with Crippen molar-refractivity contribution in [3.05, 3.63) is 11.9 Å². The van der Waals surface area contributed by atoms with Crippen LogP contribution in [0.3, 0.4) is 0 Å². The lowest BCUT2D eigenvalue weighted by Gasteiger charge is -2.09. The van der Waals surface area contributed by atoms with Crippen molar-refractivity contribution >= 4 is 6.08 Å². The third-order valence-electron chi connectivity index (χ3n) is 1.10. The van der Waals surface area contributed by atoms with Gasteiger partial charge in [0, 0.05) is 0 Å². The van der Waals surface area contributed by atoms with Crippen LogP contribution in [0.2, 0.25) is 0 Å². The van der Waals surface area contributed by atoms with E-state index in [0.717, 1.165) is 0 Å². The highest BCUT2D eigenvalue weighted by molar-refractivity contribution is 5.39. The summed E-state index contributed by atoms with van der Waals surface area (Å²) in [4.78, 5) is 0. The zero-order valence-electron chi connectivity index (χ0n) is 7.00. The topological polar surface area (TPSA) is 54.5 Å². The number of aromatic nitrogens is 4. The van der Waals surface area contributed by atoms with Crippen LogP contribution < -0.4 is 0 Å². The lowest BCUT2D eigenvalue weighted by molar-refractivity contribution is 0.547. The van der Waals surface area contributed by atoms with Crippen LogP contribution in [-0.4, -0.2) is 20.6 Å². The van der Waals surface area contributed by atoms with Gasteiger partial charge in [-0.15, -0.1) is 5.10 Å². The van der Waals surface area contributed by atoms with Crippen molar-refractivity contribution in [1.29, 1.82) is 0 Å². The van der Waals surface area contributed by atoms with Gasteiger partial charge < -0.3 is 0 Å². The molecule has 0 aliphatic carbocycles. The number of allylic oxidation sites excluding steroid dienone is 1. The second-order valence-electron chi connectivity index (χ2n) is 3.49. The molecule has 0 spiro atoms. The Morgan fingerprint density at radius 1 is 1.36 bits per heavy atom. The van der Waals surface area contributed by atoms with Gasteiger partial charge in [-0.3, -0.25) is 0 Å². The van der Waals surface area contributed by atoms with E-state index in [9.17, 15) is 0 Å². The Labute approximate surface area is 65.7 Å². The predicted octanol–water partition coefficient (Wildman–Crippen LogP) is 1.26. The number of H-pyrrole nitrogens is 1. The standard InChI is InChI=1S/C7H12N4/c1-7(2,3)5-4-6-8-10-11-9-6/h4-5H,1-3H3,(H,8,9,10,11)/b5-4+. The van der Waals surface area contributed by atoms with Crippen molar-refractivity contribution in [2.45, 2.75) is 20.8 Å². The summed E-state index contributed by atoms with van der Waals surface area (Å²) in [5.41, 5.74) is 0.173. The molecule has 1 N–H and O–H groups in total. The van der Waals surface area contributed by atoms with Gasteiger partial charge in [-0.1, -0.05) is 26.8 Å². The third-order valence-corrected chi connectivity index (χ3v) is 1.10. The van der Waals surface area contributed by atoms with E-state index in [4.69, 9.17) is 0 Å². The number of nitrogens with one attached hydrogen (secondary N) is 1. The molecule has 0 bridgehead atoms. The van der Waals surface area contributed by atoms with Gasteiger partial charge in [0.25, 0.3) is 0 Å². The second-order valence-corrected chi connectivity index (χ2v) is 3.49. The summed E-state index contributed by atoms with van der Waals surface area (Å²) >= 11 is 0. The Morgan fingerprint density at radius 2 is 2.09 bits per heavy atom. The van der Waals surface area contributed by atoms with Gasteiger partial charge >= 0.3 is 0 Å². The lowest BCUT2D eigenvalue weighted by atomic mass is 9.96. The van der Waals surface area contributed by atoms with Crippen molar-refractivity contribution < 1.29 is 0 Å². The summed E-state index contributed by atoms with van der Waals surface area (Å²) in [5.74, 6) is 0.694. The Bertz CT molecular complexity index is 229. The van der Waals surface area contributed by atoms with Crippen molar-refractivity contribution in [1.82, 2.24) is 20.6 Å². The van der Waals surface area contributed by atoms with Crippen LogP contribution in [0.1, 0.15) is 26.6 Å². The van der Waals surface area contributed by atoms with E-state index in [1.165, 1.54) is 0 Å². The third kappa shape index (κ3) is 2.93. The monoisotopic (exact) mass is 152 g/mol. The first-order valence-electron chi connectivity index (χ1n) is 3.51. The van der Waals surface area contributed by atoms with Crippen LogP contribution in [0, 0.1) is 5.41 Å². The molecule has 60 valence electrons. The van der Waals surface area contributed by atoms with Crippen LogP contribution in [0.15, 0.2) is 6.08 Å². The first-order chi connectivity index (χ1) is 5.08. The minimum Gasteiger partial charge on any atom is -0.239 e. The molecule has 0 aliphatic heterocycles. The second kappa shape index (κ2) is 2.82. The highest BCUT2D eigenvalue weighted by Gasteiger charge is 2.03. The minimum atomic E-state index is 0.173. The molecule has 0 aliphatic rings. The van der Waals surface area contributed by atoms with Gasteiger partial charge in [-0.25, -0.2) is 5.10 Å². The van der Waals surface area contributed by atoms with Gasteiger partial charge in [0.2, 0.25) is 0 Å². The van der Waals surface area contributed by atoms with Crippen molar-refractivity contribution in [3.8, 4) is 0 Å². The molecule has 4 nitrogen and oxygen atoms in total. The summed E-state index contributed by atoms with van der Waals surface area (Å²) in [7, 11) is 0. The Morgan fingerprint density at radius 3 is 2.55 bits per heavy atom. The predicted molar refractivity (Wildman–Crippen MR) is 42.7 cm³/mol. The van der Waals surface area contributed by atoms with Gasteiger partial charge in [0.15, 0.2) is 5.82 Å². The van der Waals surface area contributed by atoms with E-state index < -0.39 is 0 Å². The zero-order valence-corrected chi connectivity index (χ0v) is 7.00. The number of rotatable bonds is 1. The molecule has 0 atom stereocenters. The first-order valence-corrected chi connectivity index (χ1v) is 3.51. The lowest BCUT2D eigenvalue weighted by Crippen LogP contribution is -1.98. The molecule has 0 unspecified atom stereocenters. The molecule has 1 heterocycles. The molecule has 0 saturated heterocycles. The fraction of sp³-hybridized carbons (Fsp3) is 0.571. The molecule has 1 aromatic heterocycles.